The van der Waals surface area contributed by atoms with E-state index in [1.165, 1.54) is 22.3 Å². The van der Waals surface area contributed by atoms with Crippen molar-refractivity contribution in [2.24, 2.45) is 0 Å². The van der Waals surface area contributed by atoms with Gasteiger partial charge < -0.3 is 14.8 Å². The molecular formula is C24H25NO2. The molecule has 1 N–H and O–H groups in total. The predicted molar refractivity (Wildman–Crippen MR) is 108 cm³/mol. The van der Waals surface area contributed by atoms with Crippen LogP contribution in [0, 0.1) is 0 Å². The Morgan fingerprint density at radius 1 is 0.889 bits per heavy atom. The predicted octanol–water partition coefficient (Wildman–Crippen LogP) is 4.90. The Balaban J connectivity index is 1.61. The molecule has 0 fully saturated rings. The first-order valence-corrected chi connectivity index (χ1v) is 9.60. The normalized spacial score (nSPS) is 15.8. The zero-order valence-corrected chi connectivity index (χ0v) is 15.7. The number of benzene rings is 3. The van der Waals surface area contributed by atoms with Crippen molar-refractivity contribution in [3.63, 3.8) is 0 Å². The monoisotopic (exact) mass is 359 g/mol. The molecule has 0 saturated carbocycles. The standard InChI is InChI=1S/C24H25NO2/c1-2-26-20-12-13-21-19(16-20)14-15-25-24(21)22-10-6-7-11-23(22)27-17-18-8-4-3-5-9-18/h3-13,16,24-25H,2,14-15,17H2,1H3. The van der Waals surface area contributed by atoms with Crippen LogP contribution >= 0.6 is 0 Å². The lowest BCUT2D eigenvalue weighted by Gasteiger charge is -2.29. The molecule has 0 spiro atoms. The van der Waals surface area contributed by atoms with Gasteiger partial charge in [0, 0.05) is 12.1 Å². The van der Waals surface area contributed by atoms with Crippen molar-refractivity contribution >= 4 is 0 Å². The van der Waals surface area contributed by atoms with Crippen LogP contribution in [0.4, 0.5) is 0 Å². The summed E-state index contributed by atoms with van der Waals surface area (Å²) in [5.41, 5.74) is 5.01. The third-order valence-electron chi connectivity index (χ3n) is 4.95. The van der Waals surface area contributed by atoms with Gasteiger partial charge in [-0.15, -0.1) is 0 Å². The van der Waals surface area contributed by atoms with Gasteiger partial charge in [-0.3, -0.25) is 0 Å². The lowest BCUT2D eigenvalue weighted by atomic mass is 9.89. The maximum atomic E-state index is 6.19. The minimum Gasteiger partial charge on any atom is -0.494 e. The third kappa shape index (κ3) is 3.99. The molecule has 1 atom stereocenters. The van der Waals surface area contributed by atoms with E-state index < -0.39 is 0 Å². The molecule has 0 bridgehead atoms. The third-order valence-corrected chi connectivity index (χ3v) is 4.95. The molecule has 3 heteroatoms. The van der Waals surface area contributed by atoms with Crippen LogP contribution in [-0.2, 0) is 13.0 Å². The summed E-state index contributed by atoms with van der Waals surface area (Å²) < 4.78 is 11.9. The topological polar surface area (TPSA) is 30.5 Å². The van der Waals surface area contributed by atoms with Crippen LogP contribution in [0.25, 0.3) is 0 Å². The van der Waals surface area contributed by atoms with Crippen molar-refractivity contribution in [2.75, 3.05) is 13.2 Å². The smallest absolute Gasteiger partial charge is 0.124 e. The fraction of sp³-hybridized carbons (Fsp3) is 0.250. The highest BCUT2D eigenvalue weighted by Gasteiger charge is 2.24. The molecule has 0 radical (unpaired) electrons. The number of hydrogen-bond donors (Lipinski definition) is 1. The molecule has 1 heterocycles. The van der Waals surface area contributed by atoms with Gasteiger partial charge in [0.15, 0.2) is 0 Å². The molecule has 0 amide bonds. The van der Waals surface area contributed by atoms with Gasteiger partial charge >= 0.3 is 0 Å². The highest BCUT2D eigenvalue weighted by atomic mass is 16.5. The summed E-state index contributed by atoms with van der Waals surface area (Å²) in [5.74, 6) is 1.88. The van der Waals surface area contributed by atoms with Gasteiger partial charge in [0.2, 0.25) is 0 Å². The van der Waals surface area contributed by atoms with Gasteiger partial charge in [-0.25, -0.2) is 0 Å². The Morgan fingerprint density at radius 2 is 1.70 bits per heavy atom. The SMILES string of the molecule is CCOc1ccc2c(c1)CCNC2c1ccccc1OCc1ccccc1. The molecule has 0 saturated heterocycles. The Hall–Kier alpha value is -2.78. The van der Waals surface area contributed by atoms with E-state index in [4.69, 9.17) is 9.47 Å². The molecule has 4 rings (SSSR count). The Morgan fingerprint density at radius 3 is 2.56 bits per heavy atom. The van der Waals surface area contributed by atoms with Gasteiger partial charge in [-0.2, -0.15) is 0 Å². The van der Waals surface area contributed by atoms with Crippen LogP contribution in [0.5, 0.6) is 11.5 Å². The molecule has 3 nitrogen and oxygen atoms in total. The summed E-state index contributed by atoms with van der Waals surface area (Å²) in [4.78, 5) is 0. The van der Waals surface area contributed by atoms with Crippen LogP contribution in [0.3, 0.4) is 0 Å². The van der Waals surface area contributed by atoms with Gasteiger partial charge in [0.1, 0.15) is 18.1 Å². The van der Waals surface area contributed by atoms with Crippen LogP contribution in [0.15, 0.2) is 72.8 Å². The van der Waals surface area contributed by atoms with E-state index in [9.17, 15) is 0 Å². The first-order chi connectivity index (χ1) is 13.3. The number of fused-ring (bicyclic) bond motifs is 1. The summed E-state index contributed by atoms with van der Waals surface area (Å²) >= 11 is 0. The molecule has 138 valence electrons. The summed E-state index contributed by atoms with van der Waals surface area (Å²) in [6.07, 6.45) is 1.01. The molecule has 0 aromatic heterocycles. The second kappa shape index (κ2) is 8.28. The molecule has 0 aliphatic carbocycles. The number of para-hydroxylation sites is 1. The average Bonchev–Trinajstić information content (AvgIpc) is 2.73. The van der Waals surface area contributed by atoms with Crippen LogP contribution in [0.1, 0.15) is 35.2 Å². The summed E-state index contributed by atoms with van der Waals surface area (Å²) in [7, 11) is 0. The maximum absolute atomic E-state index is 6.19. The van der Waals surface area contributed by atoms with E-state index in [1.54, 1.807) is 0 Å². The Kier molecular flexibility index (Phi) is 5.40. The number of nitrogens with one attached hydrogen (secondary N) is 1. The Labute approximate surface area is 161 Å². The molecule has 3 aromatic rings. The zero-order valence-electron chi connectivity index (χ0n) is 15.7. The molecule has 27 heavy (non-hydrogen) atoms. The van der Waals surface area contributed by atoms with Crippen LogP contribution in [0.2, 0.25) is 0 Å². The van der Waals surface area contributed by atoms with Gasteiger partial charge in [0.25, 0.3) is 0 Å². The summed E-state index contributed by atoms with van der Waals surface area (Å²) in [6.45, 7) is 4.22. The second-order valence-corrected chi connectivity index (χ2v) is 6.74. The van der Waals surface area contributed by atoms with E-state index >= 15 is 0 Å². The van der Waals surface area contributed by atoms with E-state index in [2.05, 4.69) is 53.8 Å². The Bertz CT molecular complexity index is 892. The van der Waals surface area contributed by atoms with Gasteiger partial charge in [0.05, 0.1) is 12.6 Å². The molecular weight excluding hydrogens is 334 g/mol. The van der Waals surface area contributed by atoms with Gasteiger partial charge in [-0.05, 0) is 48.2 Å². The van der Waals surface area contributed by atoms with Crippen molar-refractivity contribution < 1.29 is 9.47 Å². The van der Waals surface area contributed by atoms with Crippen LogP contribution in [-0.4, -0.2) is 13.2 Å². The fourth-order valence-corrected chi connectivity index (χ4v) is 3.66. The maximum Gasteiger partial charge on any atom is 0.124 e. The molecule has 3 aromatic carbocycles. The quantitative estimate of drug-likeness (QED) is 0.679. The number of ether oxygens (including phenoxy) is 2. The lowest BCUT2D eigenvalue weighted by molar-refractivity contribution is 0.300. The lowest BCUT2D eigenvalue weighted by Crippen LogP contribution is -2.30. The summed E-state index contributed by atoms with van der Waals surface area (Å²) in [6, 6.07) is 25.2. The second-order valence-electron chi connectivity index (χ2n) is 6.74. The van der Waals surface area contributed by atoms with Crippen molar-refractivity contribution in [1.82, 2.24) is 5.32 Å². The van der Waals surface area contributed by atoms with Crippen molar-refractivity contribution in [3.05, 3.63) is 95.1 Å². The highest BCUT2D eigenvalue weighted by molar-refractivity contribution is 5.47. The first-order valence-electron chi connectivity index (χ1n) is 9.60. The molecule has 1 unspecified atom stereocenters. The fourth-order valence-electron chi connectivity index (χ4n) is 3.66. The summed E-state index contributed by atoms with van der Waals surface area (Å²) in [5, 5.41) is 3.66. The number of hydrogen-bond acceptors (Lipinski definition) is 3. The van der Waals surface area contributed by atoms with E-state index in [-0.39, 0.29) is 6.04 Å². The van der Waals surface area contributed by atoms with Crippen molar-refractivity contribution in [2.45, 2.75) is 26.0 Å². The highest BCUT2D eigenvalue weighted by Crippen LogP contribution is 2.35. The van der Waals surface area contributed by atoms with E-state index in [1.807, 2.05) is 31.2 Å². The largest absolute Gasteiger partial charge is 0.494 e. The van der Waals surface area contributed by atoms with Crippen molar-refractivity contribution in [3.8, 4) is 11.5 Å². The van der Waals surface area contributed by atoms with E-state index in [0.717, 1.165) is 24.5 Å². The zero-order chi connectivity index (χ0) is 18.5. The minimum absolute atomic E-state index is 0.136. The van der Waals surface area contributed by atoms with Gasteiger partial charge in [-0.1, -0.05) is 54.6 Å². The molecule has 1 aliphatic rings. The number of rotatable bonds is 6. The van der Waals surface area contributed by atoms with Crippen molar-refractivity contribution in [1.29, 1.82) is 0 Å². The minimum atomic E-state index is 0.136. The van der Waals surface area contributed by atoms with Crippen LogP contribution < -0.4 is 14.8 Å². The average molecular weight is 359 g/mol. The van der Waals surface area contributed by atoms with E-state index in [0.29, 0.717) is 13.2 Å². The first kappa shape index (κ1) is 17.6. The molecule has 1 aliphatic heterocycles.